The molecule has 10 nitrogen and oxygen atoms in total. The zero-order chi connectivity index (χ0) is 25.7. The lowest BCUT2D eigenvalue weighted by molar-refractivity contribution is -0.423. The van der Waals surface area contributed by atoms with Crippen molar-refractivity contribution in [2.24, 2.45) is 28.1 Å². The normalized spacial score (nSPS) is 54.3. The van der Waals surface area contributed by atoms with Gasteiger partial charge in [-0.25, -0.2) is 4.79 Å². The number of esters is 2. The second-order valence-electron chi connectivity index (χ2n) is 12.6. The number of hydrogen-bond donors (Lipinski definition) is 2. The van der Waals surface area contributed by atoms with Gasteiger partial charge < -0.3 is 33.6 Å². The van der Waals surface area contributed by atoms with Gasteiger partial charge in [0, 0.05) is 28.7 Å². The molecule has 5 heterocycles. The SMILES string of the molecule is CC1(C)C(=O)CC2OC34CC(=O)OCC3(O)C3CC4(C)C(c4ccoc4)OC34OC(=O)C(O)C1C24C. The first kappa shape index (κ1) is 22.9. The molecule has 3 bridgehead atoms. The zero-order valence-corrected chi connectivity index (χ0v) is 20.6. The Morgan fingerprint density at radius 2 is 1.83 bits per heavy atom. The van der Waals surface area contributed by atoms with Gasteiger partial charge in [-0.05, 0) is 12.5 Å². The van der Waals surface area contributed by atoms with Crippen LogP contribution >= 0.6 is 0 Å². The Morgan fingerprint density at radius 3 is 2.53 bits per heavy atom. The Balaban J connectivity index is 1.58. The van der Waals surface area contributed by atoms with Crippen LogP contribution in [0.1, 0.15) is 58.6 Å². The number of cyclic esters (lactones) is 1. The van der Waals surface area contributed by atoms with Gasteiger partial charge in [-0.3, -0.25) is 9.59 Å². The monoisotopic (exact) mass is 502 g/mol. The maximum Gasteiger partial charge on any atom is 0.337 e. The van der Waals surface area contributed by atoms with E-state index in [-0.39, 0.29) is 25.2 Å². The van der Waals surface area contributed by atoms with E-state index in [0.29, 0.717) is 12.0 Å². The van der Waals surface area contributed by atoms with Gasteiger partial charge in [-0.1, -0.05) is 27.7 Å². The number of aliphatic hydroxyl groups is 2. The first-order valence-electron chi connectivity index (χ1n) is 12.5. The summed E-state index contributed by atoms with van der Waals surface area (Å²) in [5, 5.41) is 23.7. The highest BCUT2D eigenvalue weighted by atomic mass is 16.7. The summed E-state index contributed by atoms with van der Waals surface area (Å²) in [6.07, 6.45) is -0.238. The second-order valence-corrected chi connectivity index (χ2v) is 12.6. The van der Waals surface area contributed by atoms with Crippen molar-refractivity contribution >= 4 is 17.7 Å². The molecule has 10 unspecified atom stereocenters. The average molecular weight is 503 g/mol. The van der Waals surface area contributed by atoms with E-state index in [1.807, 2.05) is 13.8 Å². The molecule has 1 aromatic rings. The van der Waals surface area contributed by atoms with Gasteiger partial charge in [-0.2, -0.15) is 0 Å². The van der Waals surface area contributed by atoms with E-state index in [9.17, 15) is 24.6 Å². The molecule has 7 rings (SSSR count). The van der Waals surface area contributed by atoms with E-state index < -0.39 is 75.3 Å². The van der Waals surface area contributed by atoms with Crippen LogP contribution in [0.2, 0.25) is 0 Å². The molecule has 0 radical (unpaired) electrons. The maximum atomic E-state index is 13.5. The lowest BCUT2D eigenvalue weighted by Crippen LogP contribution is -2.78. The highest BCUT2D eigenvalue weighted by Crippen LogP contribution is 2.79. The van der Waals surface area contributed by atoms with Crippen LogP contribution in [0.3, 0.4) is 0 Å². The maximum absolute atomic E-state index is 13.5. The summed E-state index contributed by atoms with van der Waals surface area (Å²) in [7, 11) is 0. The Labute approximate surface area is 207 Å². The fourth-order valence-electron chi connectivity index (χ4n) is 9.23. The number of Topliss-reactive ketones (excluding diaryl/α,β-unsaturated/α-hetero) is 1. The number of ether oxygens (including phenoxy) is 4. The van der Waals surface area contributed by atoms with Crippen LogP contribution < -0.4 is 0 Å². The molecule has 4 saturated heterocycles. The molecule has 10 atom stereocenters. The molecule has 0 aromatic carbocycles. The van der Waals surface area contributed by atoms with Crippen molar-refractivity contribution < 1.29 is 48.0 Å². The standard InChI is InChI=1S/C26H30O10/c1-21(2)14(27)7-15-23(4)18(21)17(29)20(30)36-26(23)13-8-22(3,19(35-26)12-5-6-32-10-12)25(34-15)9-16(28)33-11-24(13,25)31/h5-6,10,13,15,17-19,29,31H,7-9,11H2,1-4H3. The minimum atomic E-state index is -1.77. The van der Waals surface area contributed by atoms with Crippen molar-refractivity contribution in [3.05, 3.63) is 24.2 Å². The summed E-state index contributed by atoms with van der Waals surface area (Å²) in [6.45, 7) is 6.78. The molecule has 1 spiro atoms. The third-order valence-corrected chi connectivity index (χ3v) is 10.9. The summed E-state index contributed by atoms with van der Waals surface area (Å²) in [5.41, 5.74) is -5.94. The molecule has 6 aliphatic rings. The molecule has 10 heteroatoms. The van der Waals surface area contributed by atoms with Crippen LogP contribution in [0.5, 0.6) is 0 Å². The van der Waals surface area contributed by atoms with Crippen LogP contribution in [0.4, 0.5) is 0 Å². The average Bonchev–Trinajstić information content (AvgIpc) is 3.37. The highest BCUT2D eigenvalue weighted by Gasteiger charge is 2.91. The van der Waals surface area contributed by atoms with E-state index >= 15 is 0 Å². The van der Waals surface area contributed by atoms with Gasteiger partial charge in [0.05, 0.1) is 42.5 Å². The fraction of sp³-hybridized carbons (Fsp3) is 0.731. The molecular weight excluding hydrogens is 472 g/mol. The third kappa shape index (κ3) is 2.06. The molecule has 194 valence electrons. The van der Waals surface area contributed by atoms with Crippen LogP contribution in [-0.4, -0.2) is 63.7 Å². The number of hydrogen-bond acceptors (Lipinski definition) is 10. The van der Waals surface area contributed by atoms with Gasteiger partial charge in [-0.15, -0.1) is 0 Å². The lowest BCUT2D eigenvalue weighted by atomic mass is 9.46. The van der Waals surface area contributed by atoms with E-state index in [2.05, 4.69) is 0 Å². The molecule has 1 aromatic heterocycles. The van der Waals surface area contributed by atoms with Crippen LogP contribution in [0, 0.1) is 28.1 Å². The number of carbonyl (C=O) groups excluding carboxylic acids is 3. The zero-order valence-electron chi connectivity index (χ0n) is 20.6. The van der Waals surface area contributed by atoms with Gasteiger partial charge in [0.2, 0.25) is 5.79 Å². The minimum Gasteiger partial charge on any atom is -0.472 e. The van der Waals surface area contributed by atoms with Crippen molar-refractivity contribution in [2.75, 3.05) is 6.61 Å². The molecule has 2 saturated carbocycles. The van der Waals surface area contributed by atoms with Crippen molar-refractivity contribution in [1.29, 1.82) is 0 Å². The molecule has 0 amide bonds. The molecule has 4 aliphatic heterocycles. The molecule has 2 aliphatic carbocycles. The van der Waals surface area contributed by atoms with Crippen LogP contribution in [0.25, 0.3) is 0 Å². The largest absolute Gasteiger partial charge is 0.472 e. The van der Waals surface area contributed by atoms with Crippen LogP contribution in [0.15, 0.2) is 23.0 Å². The molecule has 36 heavy (non-hydrogen) atoms. The van der Waals surface area contributed by atoms with E-state index in [4.69, 9.17) is 23.4 Å². The number of carbonyl (C=O) groups is 3. The van der Waals surface area contributed by atoms with Crippen LogP contribution in [-0.2, 0) is 33.3 Å². The van der Waals surface area contributed by atoms with Crippen molar-refractivity contribution in [3.8, 4) is 0 Å². The summed E-state index contributed by atoms with van der Waals surface area (Å²) < 4.78 is 30.8. The Hall–Kier alpha value is -2.27. The van der Waals surface area contributed by atoms with E-state index in [0.717, 1.165) is 0 Å². The van der Waals surface area contributed by atoms with Crippen molar-refractivity contribution in [3.63, 3.8) is 0 Å². The quantitative estimate of drug-likeness (QED) is 0.542. The lowest BCUT2D eigenvalue weighted by Gasteiger charge is -2.68. The Kier molecular flexibility index (Phi) is 3.96. The summed E-state index contributed by atoms with van der Waals surface area (Å²) >= 11 is 0. The smallest absolute Gasteiger partial charge is 0.337 e. The summed E-state index contributed by atoms with van der Waals surface area (Å²) in [4.78, 5) is 39.7. The minimum absolute atomic E-state index is 0.0402. The van der Waals surface area contributed by atoms with Crippen molar-refractivity contribution in [2.45, 2.75) is 82.3 Å². The number of aliphatic hydroxyl groups excluding tert-OH is 1. The molecule has 2 N–H and O–H groups in total. The van der Waals surface area contributed by atoms with Gasteiger partial charge in [0.1, 0.15) is 23.6 Å². The highest BCUT2D eigenvalue weighted by molar-refractivity contribution is 5.89. The van der Waals surface area contributed by atoms with Gasteiger partial charge in [0.25, 0.3) is 0 Å². The summed E-state index contributed by atoms with van der Waals surface area (Å²) in [5.74, 6) is -5.16. The number of fused-ring (bicyclic) bond motifs is 1. The van der Waals surface area contributed by atoms with Gasteiger partial charge >= 0.3 is 11.9 Å². The van der Waals surface area contributed by atoms with Crippen molar-refractivity contribution in [1.82, 2.24) is 0 Å². The molecular formula is C26H30O10. The third-order valence-electron chi connectivity index (χ3n) is 10.9. The number of furan rings is 1. The number of rotatable bonds is 1. The summed E-state index contributed by atoms with van der Waals surface area (Å²) in [6, 6.07) is 1.74. The second kappa shape index (κ2) is 6.23. The number of ketones is 1. The first-order valence-corrected chi connectivity index (χ1v) is 12.5. The van der Waals surface area contributed by atoms with Gasteiger partial charge in [0.15, 0.2) is 6.10 Å². The topological polar surface area (TPSA) is 142 Å². The Bertz CT molecular complexity index is 1210. The van der Waals surface area contributed by atoms with E-state index in [1.54, 1.807) is 19.9 Å². The van der Waals surface area contributed by atoms with E-state index in [1.165, 1.54) is 12.5 Å². The first-order chi connectivity index (χ1) is 16.8. The predicted octanol–water partition coefficient (Wildman–Crippen LogP) is 1.43. The fourth-order valence-corrected chi connectivity index (χ4v) is 9.23. The molecule has 6 fully saturated rings. The predicted molar refractivity (Wildman–Crippen MR) is 117 cm³/mol. The Morgan fingerprint density at radius 1 is 1.08 bits per heavy atom.